The molecule has 3 rings (SSSR count). The number of hydrogen-bond donors (Lipinski definition) is 2. The second-order valence-corrected chi connectivity index (χ2v) is 5.16. The number of nitrogen functional groups attached to an aromatic ring is 1. The Hall–Kier alpha value is -1.56. The largest absolute Gasteiger partial charge is 0.383 e. The minimum atomic E-state index is 0.628. The van der Waals surface area contributed by atoms with Crippen LogP contribution in [0.25, 0.3) is 0 Å². The van der Waals surface area contributed by atoms with Gasteiger partial charge in [-0.3, -0.25) is 4.68 Å². The van der Waals surface area contributed by atoms with Crippen molar-refractivity contribution in [1.29, 1.82) is 0 Å². The molecule has 17 heavy (non-hydrogen) atoms. The van der Waals surface area contributed by atoms with E-state index in [1.54, 1.807) is 6.20 Å². The van der Waals surface area contributed by atoms with E-state index in [1.807, 2.05) is 17.8 Å². The van der Waals surface area contributed by atoms with E-state index in [0.717, 1.165) is 17.2 Å². The highest BCUT2D eigenvalue weighted by molar-refractivity contribution is 7.10. The van der Waals surface area contributed by atoms with Crippen molar-refractivity contribution in [3.63, 3.8) is 0 Å². The summed E-state index contributed by atoms with van der Waals surface area (Å²) in [6.07, 6.45) is 4.28. The van der Waals surface area contributed by atoms with Crippen molar-refractivity contribution in [2.75, 3.05) is 11.1 Å². The smallest absolute Gasteiger partial charge is 0.142 e. The molecule has 3 N–H and O–H groups in total. The zero-order valence-corrected chi connectivity index (χ0v) is 10.5. The predicted molar refractivity (Wildman–Crippen MR) is 69.0 cm³/mol. The minimum absolute atomic E-state index is 0.628. The number of nitrogens with zero attached hydrogens (tertiary/aromatic N) is 3. The lowest BCUT2D eigenvalue weighted by Gasteiger charge is -2.06. The van der Waals surface area contributed by atoms with Gasteiger partial charge in [-0.2, -0.15) is 9.47 Å². The molecule has 2 aromatic rings. The Kier molecular flexibility index (Phi) is 2.51. The van der Waals surface area contributed by atoms with Crippen molar-refractivity contribution in [2.24, 2.45) is 7.05 Å². The summed E-state index contributed by atoms with van der Waals surface area (Å²) in [5.74, 6) is 1.33. The second-order valence-electron chi connectivity index (χ2n) is 4.38. The molecule has 1 aliphatic rings. The normalized spacial score (nSPS) is 15.1. The van der Waals surface area contributed by atoms with Crippen LogP contribution in [0.2, 0.25) is 0 Å². The van der Waals surface area contributed by atoms with Crippen LogP contribution in [0.15, 0.2) is 12.3 Å². The molecule has 0 spiro atoms. The standard InChI is InChI=1S/C11H15N5S/c1-16-8(4-5-14-16)6-13-11-9(7-2-3-7)10(12)15-17-11/h4-5,7,13H,2-3,6H2,1H3,(H2,12,15). The molecule has 2 aromatic heterocycles. The molecule has 6 heteroatoms. The number of nitrogens with two attached hydrogens (primary N) is 1. The molecule has 1 fully saturated rings. The first-order valence-corrected chi connectivity index (χ1v) is 6.49. The molecule has 0 atom stereocenters. The Morgan fingerprint density at radius 1 is 1.59 bits per heavy atom. The third-order valence-corrected chi connectivity index (χ3v) is 3.93. The first-order valence-electron chi connectivity index (χ1n) is 5.71. The highest BCUT2D eigenvalue weighted by atomic mass is 32.1. The van der Waals surface area contributed by atoms with Crippen LogP contribution in [0.4, 0.5) is 10.8 Å². The summed E-state index contributed by atoms with van der Waals surface area (Å²) in [5, 5.41) is 8.67. The summed E-state index contributed by atoms with van der Waals surface area (Å²) in [6.45, 7) is 0.762. The van der Waals surface area contributed by atoms with Crippen LogP contribution in [0.1, 0.15) is 30.0 Å². The summed E-state index contributed by atoms with van der Waals surface area (Å²) < 4.78 is 6.10. The maximum atomic E-state index is 5.90. The maximum Gasteiger partial charge on any atom is 0.142 e. The first-order chi connectivity index (χ1) is 8.25. The molecule has 0 radical (unpaired) electrons. The van der Waals surface area contributed by atoms with E-state index in [4.69, 9.17) is 5.73 Å². The molecular formula is C11H15N5S. The monoisotopic (exact) mass is 249 g/mol. The van der Waals surface area contributed by atoms with Crippen LogP contribution in [0.3, 0.4) is 0 Å². The molecule has 0 amide bonds. The van der Waals surface area contributed by atoms with Crippen LogP contribution in [0, 0.1) is 0 Å². The van der Waals surface area contributed by atoms with Gasteiger partial charge in [-0.25, -0.2) is 0 Å². The number of aryl methyl sites for hydroxylation is 1. The lowest BCUT2D eigenvalue weighted by Crippen LogP contribution is -2.05. The van der Waals surface area contributed by atoms with E-state index in [2.05, 4.69) is 14.8 Å². The van der Waals surface area contributed by atoms with Gasteiger partial charge in [0.1, 0.15) is 10.8 Å². The molecule has 1 saturated carbocycles. The lowest BCUT2D eigenvalue weighted by atomic mass is 10.2. The van der Waals surface area contributed by atoms with Gasteiger partial charge in [0.05, 0.1) is 12.2 Å². The van der Waals surface area contributed by atoms with E-state index < -0.39 is 0 Å². The molecule has 0 saturated heterocycles. The number of rotatable bonds is 4. The molecular weight excluding hydrogens is 234 g/mol. The van der Waals surface area contributed by atoms with Gasteiger partial charge in [-0.1, -0.05) is 0 Å². The average molecular weight is 249 g/mol. The van der Waals surface area contributed by atoms with Crippen molar-refractivity contribution >= 4 is 22.4 Å². The van der Waals surface area contributed by atoms with E-state index in [1.165, 1.54) is 29.9 Å². The Morgan fingerprint density at radius 2 is 2.41 bits per heavy atom. The fraction of sp³-hybridized carbons (Fsp3) is 0.455. The van der Waals surface area contributed by atoms with Gasteiger partial charge >= 0.3 is 0 Å². The third kappa shape index (κ3) is 2.00. The van der Waals surface area contributed by atoms with Crippen LogP contribution < -0.4 is 11.1 Å². The third-order valence-electron chi connectivity index (χ3n) is 3.09. The Balaban J connectivity index is 1.75. The second kappa shape index (κ2) is 4.03. The zero-order valence-electron chi connectivity index (χ0n) is 9.68. The molecule has 0 bridgehead atoms. The minimum Gasteiger partial charge on any atom is -0.383 e. The highest BCUT2D eigenvalue weighted by Crippen LogP contribution is 2.47. The van der Waals surface area contributed by atoms with Crippen molar-refractivity contribution in [1.82, 2.24) is 14.2 Å². The Labute approximate surface area is 104 Å². The van der Waals surface area contributed by atoms with Gasteiger partial charge in [0.2, 0.25) is 0 Å². The quantitative estimate of drug-likeness (QED) is 0.869. The fourth-order valence-corrected chi connectivity index (χ4v) is 2.74. The van der Waals surface area contributed by atoms with Crippen LogP contribution in [0.5, 0.6) is 0 Å². The number of anilines is 2. The SMILES string of the molecule is Cn1nccc1CNc1snc(N)c1C1CC1. The van der Waals surface area contributed by atoms with Gasteiger partial charge in [-0.15, -0.1) is 0 Å². The van der Waals surface area contributed by atoms with Gasteiger partial charge in [0.15, 0.2) is 0 Å². The van der Waals surface area contributed by atoms with Gasteiger partial charge < -0.3 is 11.1 Å². The number of hydrogen-bond acceptors (Lipinski definition) is 5. The van der Waals surface area contributed by atoms with Crippen molar-refractivity contribution in [2.45, 2.75) is 25.3 Å². The Morgan fingerprint density at radius 3 is 3.06 bits per heavy atom. The zero-order chi connectivity index (χ0) is 11.8. The van der Waals surface area contributed by atoms with Gasteiger partial charge in [-0.05, 0) is 36.4 Å². The molecule has 0 aliphatic heterocycles. The highest BCUT2D eigenvalue weighted by Gasteiger charge is 2.30. The molecule has 90 valence electrons. The van der Waals surface area contributed by atoms with Gasteiger partial charge in [0.25, 0.3) is 0 Å². The van der Waals surface area contributed by atoms with Crippen molar-refractivity contribution in [3.8, 4) is 0 Å². The average Bonchev–Trinajstić information content (AvgIpc) is 2.96. The summed E-state index contributed by atoms with van der Waals surface area (Å²) in [6, 6.07) is 2.01. The molecule has 5 nitrogen and oxygen atoms in total. The van der Waals surface area contributed by atoms with Crippen molar-refractivity contribution in [3.05, 3.63) is 23.5 Å². The molecule has 2 heterocycles. The van der Waals surface area contributed by atoms with E-state index in [-0.39, 0.29) is 0 Å². The number of nitrogens with one attached hydrogen (secondary N) is 1. The van der Waals surface area contributed by atoms with Gasteiger partial charge in [0, 0.05) is 18.8 Å². The van der Waals surface area contributed by atoms with Crippen molar-refractivity contribution < 1.29 is 0 Å². The van der Waals surface area contributed by atoms with E-state index in [9.17, 15) is 0 Å². The van der Waals surface area contributed by atoms with Crippen LogP contribution in [-0.2, 0) is 13.6 Å². The molecule has 0 unspecified atom stereocenters. The molecule has 0 aromatic carbocycles. The summed E-state index contributed by atoms with van der Waals surface area (Å²) in [7, 11) is 1.94. The summed E-state index contributed by atoms with van der Waals surface area (Å²) in [5.41, 5.74) is 8.27. The Bertz CT molecular complexity index is 526. The van der Waals surface area contributed by atoms with Crippen LogP contribution >= 0.6 is 11.5 Å². The lowest BCUT2D eigenvalue weighted by molar-refractivity contribution is 0.720. The summed E-state index contributed by atoms with van der Waals surface area (Å²) >= 11 is 1.46. The fourth-order valence-electron chi connectivity index (χ4n) is 1.95. The van der Waals surface area contributed by atoms with E-state index in [0.29, 0.717) is 11.7 Å². The topological polar surface area (TPSA) is 68.8 Å². The number of aromatic nitrogens is 3. The molecule has 1 aliphatic carbocycles. The summed E-state index contributed by atoms with van der Waals surface area (Å²) in [4.78, 5) is 0. The van der Waals surface area contributed by atoms with Crippen LogP contribution in [-0.4, -0.2) is 14.2 Å². The van der Waals surface area contributed by atoms with E-state index >= 15 is 0 Å². The predicted octanol–water partition coefficient (Wildman–Crippen LogP) is 1.95. The maximum absolute atomic E-state index is 5.90. The first kappa shape index (κ1) is 10.6.